The van der Waals surface area contributed by atoms with Gasteiger partial charge in [-0.15, -0.1) is 0 Å². The van der Waals surface area contributed by atoms with Crippen molar-refractivity contribution >= 4 is 23.2 Å². The Morgan fingerprint density at radius 2 is 2.10 bits per heavy atom. The monoisotopic (exact) mass is 290 g/mol. The van der Waals surface area contributed by atoms with E-state index in [4.69, 9.17) is 5.73 Å². The molecule has 0 atom stereocenters. The smallest absolute Gasteiger partial charge is 0.251 e. The molecule has 2 rings (SSSR count). The van der Waals surface area contributed by atoms with E-state index in [1.807, 2.05) is 0 Å². The molecular formula is C15H22N4O2. The number of rotatable bonds is 7. The molecule has 0 bridgehead atoms. The van der Waals surface area contributed by atoms with E-state index in [0.29, 0.717) is 30.3 Å². The molecule has 0 saturated heterocycles. The molecule has 0 unspecified atom stereocenters. The summed E-state index contributed by atoms with van der Waals surface area (Å²) >= 11 is 0. The number of amides is 2. The number of carbonyl (C=O) groups excluding carboxylic acids is 2. The van der Waals surface area contributed by atoms with Crippen LogP contribution in [0.4, 0.5) is 11.4 Å². The highest BCUT2D eigenvalue weighted by Crippen LogP contribution is 2.20. The van der Waals surface area contributed by atoms with Crippen LogP contribution in [0.2, 0.25) is 0 Å². The van der Waals surface area contributed by atoms with Gasteiger partial charge in [0.25, 0.3) is 5.91 Å². The van der Waals surface area contributed by atoms with Crippen LogP contribution < -0.4 is 21.7 Å². The van der Waals surface area contributed by atoms with E-state index in [9.17, 15) is 9.59 Å². The van der Waals surface area contributed by atoms with Crippen molar-refractivity contribution in [2.24, 2.45) is 0 Å². The number of nitrogens with two attached hydrogens (primary N) is 1. The van der Waals surface area contributed by atoms with Gasteiger partial charge in [0.1, 0.15) is 0 Å². The predicted octanol–water partition coefficient (Wildman–Crippen LogP) is 1.10. The molecule has 0 aliphatic heterocycles. The summed E-state index contributed by atoms with van der Waals surface area (Å²) < 4.78 is 0. The number of nitrogen functional groups attached to an aromatic ring is 1. The van der Waals surface area contributed by atoms with Gasteiger partial charge in [0.2, 0.25) is 5.91 Å². The lowest BCUT2D eigenvalue weighted by molar-refractivity contribution is -0.121. The number of benzene rings is 1. The van der Waals surface area contributed by atoms with Crippen LogP contribution >= 0.6 is 0 Å². The van der Waals surface area contributed by atoms with E-state index in [-0.39, 0.29) is 11.8 Å². The Kier molecular flexibility index (Phi) is 5.03. The van der Waals surface area contributed by atoms with Crippen LogP contribution in [0.1, 0.15) is 36.0 Å². The van der Waals surface area contributed by atoms with Gasteiger partial charge in [-0.3, -0.25) is 9.59 Å². The highest BCUT2D eigenvalue weighted by Gasteiger charge is 2.22. The van der Waals surface area contributed by atoms with Gasteiger partial charge < -0.3 is 21.7 Å². The molecule has 2 amide bonds. The van der Waals surface area contributed by atoms with Crippen LogP contribution in [0.15, 0.2) is 18.2 Å². The average molecular weight is 290 g/mol. The molecule has 1 aromatic carbocycles. The predicted molar refractivity (Wildman–Crippen MR) is 83.1 cm³/mol. The third-order valence-corrected chi connectivity index (χ3v) is 3.38. The molecule has 0 heterocycles. The van der Waals surface area contributed by atoms with Crippen molar-refractivity contribution in [1.82, 2.24) is 10.6 Å². The lowest BCUT2D eigenvalue weighted by Crippen LogP contribution is -2.25. The fourth-order valence-corrected chi connectivity index (χ4v) is 2.01. The number of hydrogen-bond donors (Lipinski definition) is 4. The zero-order valence-corrected chi connectivity index (χ0v) is 12.2. The number of anilines is 2. The Labute approximate surface area is 124 Å². The van der Waals surface area contributed by atoms with Gasteiger partial charge in [0.15, 0.2) is 0 Å². The van der Waals surface area contributed by atoms with Crippen LogP contribution in [0.25, 0.3) is 0 Å². The topological polar surface area (TPSA) is 96.2 Å². The van der Waals surface area contributed by atoms with E-state index < -0.39 is 0 Å². The molecule has 0 radical (unpaired) electrons. The molecule has 1 aliphatic rings. The lowest BCUT2D eigenvalue weighted by atomic mass is 10.1. The van der Waals surface area contributed by atoms with E-state index in [2.05, 4.69) is 16.0 Å². The van der Waals surface area contributed by atoms with Crippen molar-refractivity contribution < 1.29 is 9.59 Å². The zero-order chi connectivity index (χ0) is 15.2. The van der Waals surface area contributed by atoms with Gasteiger partial charge in [-0.1, -0.05) is 0 Å². The summed E-state index contributed by atoms with van der Waals surface area (Å²) in [5.41, 5.74) is 7.75. The molecule has 6 heteroatoms. The Balaban J connectivity index is 1.74. The largest absolute Gasteiger partial charge is 0.397 e. The van der Waals surface area contributed by atoms with Crippen molar-refractivity contribution in [2.45, 2.75) is 31.7 Å². The summed E-state index contributed by atoms with van der Waals surface area (Å²) in [6.07, 6.45) is 3.48. The fraction of sp³-hybridized carbons (Fsp3) is 0.467. The second-order valence-electron chi connectivity index (χ2n) is 5.25. The summed E-state index contributed by atoms with van der Waals surface area (Å²) in [5, 5.41) is 8.69. The maximum absolute atomic E-state index is 11.5. The standard InChI is InChI=1S/C15H22N4O2/c1-17-15(21)10-4-7-13(12(16)9-10)18-8-2-3-14(20)19-11-5-6-11/h4,7,9,11,18H,2-3,5-6,8,16H2,1H3,(H,17,21)(H,19,20). The minimum atomic E-state index is -0.162. The van der Waals surface area contributed by atoms with E-state index >= 15 is 0 Å². The summed E-state index contributed by atoms with van der Waals surface area (Å²) in [7, 11) is 1.58. The molecular weight excluding hydrogens is 268 g/mol. The molecule has 0 spiro atoms. The van der Waals surface area contributed by atoms with E-state index in [0.717, 1.165) is 24.9 Å². The Hall–Kier alpha value is -2.24. The normalized spacial score (nSPS) is 13.6. The minimum Gasteiger partial charge on any atom is -0.397 e. The quantitative estimate of drug-likeness (QED) is 0.446. The highest BCUT2D eigenvalue weighted by molar-refractivity contribution is 5.95. The fourth-order valence-electron chi connectivity index (χ4n) is 2.01. The van der Waals surface area contributed by atoms with Crippen molar-refractivity contribution in [3.63, 3.8) is 0 Å². The van der Waals surface area contributed by atoms with Gasteiger partial charge in [-0.25, -0.2) is 0 Å². The van der Waals surface area contributed by atoms with Gasteiger partial charge >= 0.3 is 0 Å². The summed E-state index contributed by atoms with van der Waals surface area (Å²) in [5.74, 6) is -0.0489. The first-order valence-corrected chi connectivity index (χ1v) is 7.25. The van der Waals surface area contributed by atoms with Gasteiger partial charge in [0, 0.05) is 31.6 Å². The minimum absolute atomic E-state index is 0.113. The molecule has 1 aliphatic carbocycles. The van der Waals surface area contributed by atoms with Crippen LogP contribution in [0.5, 0.6) is 0 Å². The molecule has 5 N–H and O–H groups in total. The third kappa shape index (κ3) is 4.66. The zero-order valence-electron chi connectivity index (χ0n) is 12.2. The first-order chi connectivity index (χ1) is 10.1. The molecule has 21 heavy (non-hydrogen) atoms. The van der Waals surface area contributed by atoms with Crippen LogP contribution in [0.3, 0.4) is 0 Å². The molecule has 1 saturated carbocycles. The maximum Gasteiger partial charge on any atom is 0.251 e. The summed E-state index contributed by atoms with van der Waals surface area (Å²) in [6.45, 7) is 0.668. The number of nitrogens with one attached hydrogen (secondary N) is 3. The number of carbonyl (C=O) groups is 2. The second-order valence-corrected chi connectivity index (χ2v) is 5.25. The second kappa shape index (κ2) is 6.97. The van der Waals surface area contributed by atoms with Crippen LogP contribution in [-0.4, -0.2) is 31.4 Å². The molecule has 6 nitrogen and oxygen atoms in total. The molecule has 1 aromatic rings. The Morgan fingerprint density at radius 3 is 2.71 bits per heavy atom. The SMILES string of the molecule is CNC(=O)c1ccc(NCCCC(=O)NC2CC2)c(N)c1. The maximum atomic E-state index is 11.5. The first-order valence-electron chi connectivity index (χ1n) is 7.25. The van der Waals surface area contributed by atoms with E-state index in [1.165, 1.54) is 0 Å². The summed E-state index contributed by atoms with van der Waals surface area (Å²) in [4.78, 5) is 23.0. The van der Waals surface area contributed by atoms with Gasteiger partial charge in [0.05, 0.1) is 11.4 Å². The molecule has 114 valence electrons. The van der Waals surface area contributed by atoms with Crippen LogP contribution in [0, 0.1) is 0 Å². The first kappa shape index (κ1) is 15.2. The Morgan fingerprint density at radius 1 is 1.33 bits per heavy atom. The summed E-state index contributed by atoms with van der Waals surface area (Å²) in [6, 6.07) is 5.56. The molecule has 1 fully saturated rings. The van der Waals surface area contributed by atoms with Crippen molar-refractivity contribution in [3.05, 3.63) is 23.8 Å². The number of hydrogen-bond acceptors (Lipinski definition) is 4. The average Bonchev–Trinajstić information content (AvgIpc) is 3.27. The Bertz CT molecular complexity index is 526. The van der Waals surface area contributed by atoms with Crippen molar-refractivity contribution in [1.29, 1.82) is 0 Å². The van der Waals surface area contributed by atoms with Crippen molar-refractivity contribution in [2.75, 3.05) is 24.6 Å². The van der Waals surface area contributed by atoms with Gasteiger partial charge in [-0.05, 0) is 37.5 Å². The highest BCUT2D eigenvalue weighted by atomic mass is 16.2. The van der Waals surface area contributed by atoms with Gasteiger partial charge in [-0.2, -0.15) is 0 Å². The lowest BCUT2D eigenvalue weighted by Gasteiger charge is -2.10. The third-order valence-electron chi connectivity index (χ3n) is 3.38. The van der Waals surface area contributed by atoms with Crippen LogP contribution in [-0.2, 0) is 4.79 Å². The molecule has 0 aromatic heterocycles. The van der Waals surface area contributed by atoms with Crippen molar-refractivity contribution in [3.8, 4) is 0 Å². The van der Waals surface area contributed by atoms with E-state index in [1.54, 1.807) is 25.2 Å².